The van der Waals surface area contributed by atoms with Crippen molar-refractivity contribution in [2.75, 3.05) is 52.5 Å². The fourth-order valence-corrected chi connectivity index (χ4v) is 4.85. The standard InChI is InChI=1S/C29H46N2O4/c1-23-10-5-6-11-26(23)27-12-7-14-29(24(27)2,34-18-8-15-30-21-28(3,4)22-32)35-19-9-16-31-17-13-25(33)20-31/h5-7,10-12,14,24-25,30,32-33H,8-9,13,15-22H2,1-4H3/t24?,25-,29?/m1/s1. The van der Waals surface area contributed by atoms with Gasteiger partial charge in [-0.25, -0.2) is 0 Å². The first-order valence-corrected chi connectivity index (χ1v) is 13.2. The van der Waals surface area contributed by atoms with Crippen molar-refractivity contribution in [2.45, 2.75) is 58.8 Å². The Morgan fingerprint density at radius 3 is 2.60 bits per heavy atom. The van der Waals surface area contributed by atoms with Gasteiger partial charge in [0.2, 0.25) is 0 Å². The average Bonchev–Trinajstić information content (AvgIpc) is 3.26. The lowest BCUT2D eigenvalue weighted by Crippen LogP contribution is -2.43. The molecule has 1 heterocycles. The second kappa shape index (κ2) is 13.1. The highest BCUT2D eigenvalue weighted by Crippen LogP contribution is 2.40. The number of hydrogen-bond acceptors (Lipinski definition) is 6. The van der Waals surface area contributed by atoms with Crippen LogP contribution in [-0.4, -0.2) is 79.5 Å². The molecule has 1 fully saturated rings. The molecule has 6 nitrogen and oxygen atoms in total. The van der Waals surface area contributed by atoms with Gasteiger partial charge in [0.05, 0.1) is 19.3 Å². The van der Waals surface area contributed by atoms with Gasteiger partial charge in [-0.3, -0.25) is 0 Å². The fraction of sp³-hybridized carbons (Fsp3) is 0.655. The topological polar surface area (TPSA) is 74.2 Å². The van der Waals surface area contributed by atoms with Gasteiger partial charge < -0.3 is 29.9 Å². The molecule has 196 valence electrons. The van der Waals surface area contributed by atoms with Crippen molar-refractivity contribution in [3.63, 3.8) is 0 Å². The Balaban J connectivity index is 1.60. The van der Waals surface area contributed by atoms with E-state index in [1.165, 1.54) is 16.7 Å². The number of benzene rings is 1. The van der Waals surface area contributed by atoms with E-state index in [2.05, 4.69) is 80.4 Å². The lowest BCUT2D eigenvalue weighted by atomic mass is 9.82. The van der Waals surface area contributed by atoms with Crippen molar-refractivity contribution in [1.82, 2.24) is 10.2 Å². The maximum atomic E-state index is 9.79. The predicted molar refractivity (Wildman–Crippen MR) is 142 cm³/mol. The Morgan fingerprint density at radius 2 is 1.91 bits per heavy atom. The third-order valence-electron chi connectivity index (χ3n) is 7.18. The van der Waals surface area contributed by atoms with Crippen LogP contribution in [0, 0.1) is 18.3 Å². The number of ether oxygens (including phenoxy) is 2. The average molecular weight is 487 g/mol. The SMILES string of the molecule is Cc1ccccc1C1=CC=CC(OCCCNCC(C)(C)CO)(OCCCN2CC[C@@H](O)C2)C1C. The summed E-state index contributed by atoms with van der Waals surface area (Å²) in [6.07, 6.45) is 8.76. The number of likely N-dealkylation sites (tertiary alicyclic amines) is 1. The van der Waals surface area contributed by atoms with Crippen LogP contribution in [-0.2, 0) is 9.47 Å². The highest BCUT2D eigenvalue weighted by atomic mass is 16.7. The number of aryl methyl sites for hydroxylation is 1. The van der Waals surface area contributed by atoms with Gasteiger partial charge in [-0.2, -0.15) is 0 Å². The van der Waals surface area contributed by atoms with Crippen molar-refractivity contribution < 1.29 is 19.7 Å². The smallest absolute Gasteiger partial charge is 0.194 e. The highest BCUT2D eigenvalue weighted by Gasteiger charge is 2.40. The van der Waals surface area contributed by atoms with Crippen LogP contribution in [0.5, 0.6) is 0 Å². The van der Waals surface area contributed by atoms with Crippen LogP contribution in [0.15, 0.2) is 42.5 Å². The van der Waals surface area contributed by atoms with Crippen LogP contribution in [0.3, 0.4) is 0 Å². The molecule has 1 aromatic rings. The summed E-state index contributed by atoms with van der Waals surface area (Å²) in [6, 6.07) is 8.48. The number of β-amino-alcohol motifs (C(OH)–C–C–N with tert-alkyl or cyclic N) is 1. The fourth-order valence-electron chi connectivity index (χ4n) is 4.85. The first kappa shape index (κ1) is 28.0. The van der Waals surface area contributed by atoms with Crippen molar-refractivity contribution in [1.29, 1.82) is 0 Å². The minimum absolute atomic E-state index is 0.0449. The molecule has 3 N–H and O–H groups in total. The van der Waals surface area contributed by atoms with E-state index < -0.39 is 5.79 Å². The summed E-state index contributed by atoms with van der Waals surface area (Å²) in [5.41, 5.74) is 3.60. The summed E-state index contributed by atoms with van der Waals surface area (Å²) in [5, 5.41) is 22.7. The second-order valence-corrected chi connectivity index (χ2v) is 10.9. The summed E-state index contributed by atoms with van der Waals surface area (Å²) in [6.45, 7) is 14.0. The molecule has 0 saturated carbocycles. The summed E-state index contributed by atoms with van der Waals surface area (Å²) < 4.78 is 13.1. The maximum Gasteiger partial charge on any atom is 0.194 e. The largest absolute Gasteiger partial charge is 0.396 e. The predicted octanol–water partition coefficient (Wildman–Crippen LogP) is 3.77. The zero-order chi connectivity index (χ0) is 25.3. The van der Waals surface area contributed by atoms with Gasteiger partial charge in [0, 0.05) is 44.1 Å². The molecule has 0 bridgehead atoms. The molecular weight excluding hydrogens is 440 g/mol. The molecule has 2 aliphatic rings. The van der Waals surface area contributed by atoms with Crippen LogP contribution in [0.1, 0.15) is 51.2 Å². The Labute approximate surface area is 212 Å². The number of rotatable bonds is 14. The number of aliphatic hydroxyl groups is 2. The summed E-state index contributed by atoms with van der Waals surface area (Å²) in [5.74, 6) is -0.759. The molecule has 1 aliphatic carbocycles. The summed E-state index contributed by atoms with van der Waals surface area (Å²) in [4.78, 5) is 2.31. The maximum absolute atomic E-state index is 9.79. The first-order chi connectivity index (χ1) is 16.8. The van der Waals surface area contributed by atoms with Gasteiger partial charge in [0.1, 0.15) is 0 Å². The monoisotopic (exact) mass is 486 g/mol. The van der Waals surface area contributed by atoms with Crippen LogP contribution < -0.4 is 5.32 Å². The summed E-state index contributed by atoms with van der Waals surface area (Å²) >= 11 is 0. The Bertz CT molecular complexity index is 853. The third kappa shape index (κ3) is 7.97. The molecule has 0 spiro atoms. The zero-order valence-corrected chi connectivity index (χ0v) is 22.1. The minimum Gasteiger partial charge on any atom is -0.396 e. The second-order valence-electron chi connectivity index (χ2n) is 10.9. The molecule has 6 heteroatoms. The Kier molecular flexibility index (Phi) is 10.5. The minimum atomic E-state index is -0.804. The van der Waals surface area contributed by atoms with Crippen LogP contribution in [0.2, 0.25) is 0 Å². The van der Waals surface area contributed by atoms with Gasteiger partial charge in [-0.1, -0.05) is 57.2 Å². The summed E-state index contributed by atoms with van der Waals surface area (Å²) in [7, 11) is 0. The van der Waals surface area contributed by atoms with E-state index >= 15 is 0 Å². The van der Waals surface area contributed by atoms with Gasteiger partial charge in [-0.05, 0) is 55.5 Å². The molecule has 3 atom stereocenters. The molecule has 1 aliphatic heterocycles. The van der Waals surface area contributed by atoms with E-state index in [4.69, 9.17) is 9.47 Å². The van der Waals surface area contributed by atoms with E-state index in [0.717, 1.165) is 52.0 Å². The molecule has 3 rings (SSSR count). The van der Waals surface area contributed by atoms with Crippen LogP contribution >= 0.6 is 0 Å². The number of nitrogens with zero attached hydrogens (tertiary/aromatic N) is 1. The van der Waals surface area contributed by atoms with E-state index in [1.54, 1.807) is 0 Å². The normalized spacial score (nSPS) is 25.3. The van der Waals surface area contributed by atoms with Gasteiger partial charge in [0.25, 0.3) is 0 Å². The van der Waals surface area contributed by atoms with Crippen molar-refractivity contribution >= 4 is 5.57 Å². The quantitative estimate of drug-likeness (QED) is 0.275. The molecule has 0 aromatic heterocycles. The van der Waals surface area contributed by atoms with E-state index in [-0.39, 0.29) is 24.0 Å². The number of nitrogens with one attached hydrogen (secondary N) is 1. The number of allylic oxidation sites excluding steroid dienone is 2. The number of aliphatic hydroxyl groups excluding tert-OH is 2. The van der Waals surface area contributed by atoms with Crippen LogP contribution in [0.4, 0.5) is 0 Å². The van der Waals surface area contributed by atoms with E-state index in [9.17, 15) is 10.2 Å². The molecule has 35 heavy (non-hydrogen) atoms. The van der Waals surface area contributed by atoms with Crippen molar-refractivity contribution in [3.8, 4) is 0 Å². The first-order valence-electron chi connectivity index (χ1n) is 13.2. The lowest BCUT2D eigenvalue weighted by molar-refractivity contribution is -0.223. The van der Waals surface area contributed by atoms with Crippen LogP contribution in [0.25, 0.3) is 5.57 Å². The van der Waals surface area contributed by atoms with Crippen molar-refractivity contribution in [2.24, 2.45) is 11.3 Å². The molecular formula is C29H46N2O4. The molecule has 1 saturated heterocycles. The molecule has 0 radical (unpaired) electrons. The van der Waals surface area contributed by atoms with E-state index in [0.29, 0.717) is 13.2 Å². The van der Waals surface area contributed by atoms with E-state index in [1.807, 2.05) is 0 Å². The molecule has 0 amide bonds. The Hall–Kier alpha value is -1.54. The van der Waals surface area contributed by atoms with Gasteiger partial charge in [0.15, 0.2) is 5.79 Å². The third-order valence-corrected chi connectivity index (χ3v) is 7.18. The number of hydrogen-bond donors (Lipinski definition) is 3. The van der Waals surface area contributed by atoms with Crippen molar-refractivity contribution in [3.05, 3.63) is 53.6 Å². The lowest BCUT2D eigenvalue weighted by Gasteiger charge is -2.40. The van der Waals surface area contributed by atoms with Gasteiger partial charge >= 0.3 is 0 Å². The molecule has 1 aromatic carbocycles. The highest BCUT2D eigenvalue weighted by molar-refractivity contribution is 5.73. The zero-order valence-electron chi connectivity index (χ0n) is 22.1. The Morgan fingerprint density at radius 1 is 1.17 bits per heavy atom. The molecule has 2 unspecified atom stereocenters. The van der Waals surface area contributed by atoms with Gasteiger partial charge in [-0.15, -0.1) is 0 Å².